The van der Waals surface area contributed by atoms with Gasteiger partial charge in [0.05, 0.1) is 7.11 Å². The summed E-state index contributed by atoms with van der Waals surface area (Å²) in [7, 11) is 2.98. The van der Waals surface area contributed by atoms with Crippen molar-refractivity contribution in [3.05, 3.63) is 65.5 Å². The average Bonchev–Trinajstić information content (AvgIpc) is 2.59. The molecule has 2 aromatic rings. The van der Waals surface area contributed by atoms with Crippen LogP contribution in [0.4, 0.5) is 4.39 Å². The molecule has 1 unspecified atom stereocenters. The molecule has 0 saturated carbocycles. The van der Waals surface area contributed by atoms with Crippen LogP contribution in [0.25, 0.3) is 0 Å². The Kier molecular flexibility index (Phi) is 6.11. The fraction of sp³-hybridized carbons (Fsp3) is 0.263. The summed E-state index contributed by atoms with van der Waals surface area (Å²) in [5.41, 5.74) is 6.47. The zero-order valence-electron chi connectivity index (χ0n) is 14.2. The Bertz CT molecular complexity index is 750. The minimum Gasteiger partial charge on any atom is -0.497 e. The van der Waals surface area contributed by atoms with Crippen molar-refractivity contribution in [2.24, 2.45) is 5.73 Å². The standard InChI is InChI=1S/C19H21FN2O3/c1-22(19(24)14-9-15(20)11-17(10-14)25-2)16(12-18(21)23)8-13-6-4-3-5-7-13/h3-7,9-11,16H,8,12H2,1-2H3,(H2,21,23). The van der Waals surface area contributed by atoms with Crippen LogP contribution in [0.5, 0.6) is 5.75 Å². The molecule has 5 nitrogen and oxygen atoms in total. The summed E-state index contributed by atoms with van der Waals surface area (Å²) in [6.45, 7) is 0. The van der Waals surface area contributed by atoms with E-state index in [-0.39, 0.29) is 17.7 Å². The van der Waals surface area contributed by atoms with Gasteiger partial charge >= 0.3 is 0 Å². The summed E-state index contributed by atoms with van der Waals surface area (Å²) in [5, 5.41) is 0. The van der Waals surface area contributed by atoms with Gasteiger partial charge in [0.1, 0.15) is 11.6 Å². The fourth-order valence-corrected chi connectivity index (χ4v) is 2.64. The number of rotatable bonds is 7. The highest BCUT2D eigenvalue weighted by Gasteiger charge is 2.24. The monoisotopic (exact) mass is 344 g/mol. The summed E-state index contributed by atoms with van der Waals surface area (Å²) in [4.78, 5) is 25.6. The number of halogens is 1. The molecule has 0 bridgehead atoms. The third-order valence-corrected chi connectivity index (χ3v) is 3.97. The van der Waals surface area contributed by atoms with Gasteiger partial charge < -0.3 is 15.4 Å². The van der Waals surface area contributed by atoms with Gasteiger partial charge in [0.15, 0.2) is 0 Å². The van der Waals surface area contributed by atoms with E-state index in [2.05, 4.69) is 0 Å². The highest BCUT2D eigenvalue weighted by molar-refractivity contribution is 5.95. The first-order valence-corrected chi connectivity index (χ1v) is 7.84. The highest BCUT2D eigenvalue weighted by Crippen LogP contribution is 2.19. The highest BCUT2D eigenvalue weighted by atomic mass is 19.1. The van der Waals surface area contributed by atoms with Crippen molar-refractivity contribution in [3.8, 4) is 5.75 Å². The van der Waals surface area contributed by atoms with Crippen LogP contribution in [0.2, 0.25) is 0 Å². The van der Waals surface area contributed by atoms with Crippen LogP contribution in [0.3, 0.4) is 0 Å². The Morgan fingerprint density at radius 3 is 2.48 bits per heavy atom. The first-order chi connectivity index (χ1) is 11.9. The van der Waals surface area contributed by atoms with E-state index in [1.54, 1.807) is 7.05 Å². The van der Waals surface area contributed by atoms with E-state index in [1.807, 2.05) is 30.3 Å². The summed E-state index contributed by atoms with van der Waals surface area (Å²) < 4.78 is 18.7. The molecule has 6 heteroatoms. The van der Waals surface area contributed by atoms with Gasteiger partial charge in [-0.25, -0.2) is 4.39 Å². The molecule has 0 aromatic heterocycles. The van der Waals surface area contributed by atoms with Crippen molar-refractivity contribution in [3.63, 3.8) is 0 Å². The minimum absolute atomic E-state index is 0.0174. The normalized spacial score (nSPS) is 11.6. The third kappa shape index (κ3) is 5.04. The SMILES string of the molecule is COc1cc(F)cc(C(=O)N(C)C(CC(N)=O)Cc2ccccc2)c1. The summed E-state index contributed by atoms with van der Waals surface area (Å²) in [6, 6.07) is 12.9. The largest absolute Gasteiger partial charge is 0.497 e. The first-order valence-electron chi connectivity index (χ1n) is 7.84. The smallest absolute Gasteiger partial charge is 0.254 e. The number of benzene rings is 2. The number of likely N-dealkylation sites (N-methyl/N-ethyl adjacent to an activating group) is 1. The van der Waals surface area contributed by atoms with Gasteiger partial charge in [-0.3, -0.25) is 9.59 Å². The van der Waals surface area contributed by atoms with E-state index < -0.39 is 23.7 Å². The van der Waals surface area contributed by atoms with Crippen molar-refractivity contribution in [1.29, 1.82) is 0 Å². The van der Waals surface area contributed by atoms with Gasteiger partial charge in [0, 0.05) is 31.1 Å². The molecule has 0 aliphatic heterocycles. The van der Waals surface area contributed by atoms with E-state index in [4.69, 9.17) is 10.5 Å². The van der Waals surface area contributed by atoms with E-state index >= 15 is 0 Å². The maximum Gasteiger partial charge on any atom is 0.254 e. The number of primary amides is 1. The van der Waals surface area contributed by atoms with Gasteiger partial charge in [-0.15, -0.1) is 0 Å². The summed E-state index contributed by atoms with van der Waals surface area (Å²) in [5.74, 6) is -1.21. The second-order valence-electron chi connectivity index (χ2n) is 5.81. The van der Waals surface area contributed by atoms with E-state index in [1.165, 1.54) is 24.1 Å². The number of hydrogen-bond acceptors (Lipinski definition) is 3. The molecule has 0 heterocycles. The maximum absolute atomic E-state index is 13.7. The predicted molar refractivity (Wildman–Crippen MR) is 92.8 cm³/mol. The molecule has 0 aliphatic rings. The summed E-state index contributed by atoms with van der Waals surface area (Å²) in [6.07, 6.45) is 0.488. The molecule has 2 rings (SSSR count). The van der Waals surface area contributed by atoms with Crippen LogP contribution in [0, 0.1) is 5.82 Å². The predicted octanol–water partition coefficient (Wildman–Crippen LogP) is 2.39. The van der Waals surface area contributed by atoms with Gasteiger partial charge in [-0.2, -0.15) is 0 Å². The van der Waals surface area contributed by atoms with Gasteiger partial charge in [0.25, 0.3) is 5.91 Å². The third-order valence-electron chi connectivity index (χ3n) is 3.97. The Morgan fingerprint density at radius 1 is 1.20 bits per heavy atom. The van der Waals surface area contributed by atoms with Crippen LogP contribution >= 0.6 is 0 Å². The molecule has 1 atom stereocenters. The average molecular weight is 344 g/mol. The zero-order chi connectivity index (χ0) is 18.4. The van der Waals surface area contributed by atoms with Crippen molar-refractivity contribution >= 4 is 11.8 Å². The van der Waals surface area contributed by atoms with Gasteiger partial charge in [-0.1, -0.05) is 30.3 Å². The van der Waals surface area contributed by atoms with Crippen molar-refractivity contribution in [2.45, 2.75) is 18.9 Å². The molecule has 132 valence electrons. The maximum atomic E-state index is 13.7. The van der Waals surface area contributed by atoms with Crippen LogP contribution in [-0.2, 0) is 11.2 Å². The first kappa shape index (κ1) is 18.4. The molecule has 0 spiro atoms. The number of methoxy groups -OCH3 is 1. The Balaban J connectivity index is 2.25. The Hall–Kier alpha value is -2.89. The van der Waals surface area contributed by atoms with Crippen LogP contribution in [0.15, 0.2) is 48.5 Å². The number of nitrogens with two attached hydrogens (primary N) is 1. The van der Waals surface area contributed by atoms with Crippen LogP contribution in [-0.4, -0.2) is 36.9 Å². The molecule has 0 saturated heterocycles. The van der Waals surface area contributed by atoms with Crippen molar-refractivity contribution < 1.29 is 18.7 Å². The number of nitrogens with zero attached hydrogens (tertiary/aromatic N) is 1. The van der Waals surface area contributed by atoms with Gasteiger partial charge in [-0.05, 0) is 24.1 Å². The molecule has 2 N–H and O–H groups in total. The molecule has 0 radical (unpaired) electrons. The van der Waals surface area contributed by atoms with Crippen LogP contribution < -0.4 is 10.5 Å². The number of carbonyl (C=O) groups is 2. The quantitative estimate of drug-likeness (QED) is 0.838. The van der Waals surface area contributed by atoms with E-state index in [0.717, 1.165) is 11.6 Å². The lowest BCUT2D eigenvalue weighted by Gasteiger charge is -2.28. The van der Waals surface area contributed by atoms with E-state index in [9.17, 15) is 14.0 Å². The second kappa shape index (κ2) is 8.28. The molecule has 2 amide bonds. The molecular formula is C19H21FN2O3. The lowest BCUT2D eigenvalue weighted by atomic mass is 10.0. The molecule has 0 aliphatic carbocycles. The molecule has 2 aromatic carbocycles. The lowest BCUT2D eigenvalue weighted by Crippen LogP contribution is -2.41. The number of ether oxygens (including phenoxy) is 1. The van der Waals surface area contributed by atoms with E-state index in [0.29, 0.717) is 6.42 Å². The Morgan fingerprint density at radius 2 is 1.88 bits per heavy atom. The topological polar surface area (TPSA) is 72.6 Å². The molecule has 0 fully saturated rings. The zero-order valence-corrected chi connectivity index (χ0v) is 14.2. The number of carbonyl (C=O) groups excluding carboxylic acids is 2. The van der Waals surface area contributed by atoms with Crippen LogP contribution in [0.1, 0.15) is 22.3 Å². The molecule has 25 heavy (non-hydrogen) atoms. The van der Waals surface area contributed by atoms with Crippen molar-refractivity contribution in [2.75, 3.05) is 14.2 Å². The molecular weight excluding hydrogens is 323 g/mol. The summed E-state index contributed by atoms with van der Waals surface area (Å²) >= 11 is 0. The van der Waals surface area contributed by atoms with Crippen molar-refractivity contribution in [1.82, 2.24) is 4.90 Å². The van der Waals surface area contributed by atoms with Gasteiger partial charge in [0.2, 0.25) is 5.91 Å². The number of amides is 2. The fourth-order valence-electron chi connectivity index (χ4n) is 2.64. The second-order valence-corrected chi connectivity index (χ2v) is 5.81. The lowest BCUT2D eigenvalue weighted by molar-refractivity contribution is -0.118. The number of hydrogen-bond donors (Lipinski definition) is 1. The minimum atomic E-state index is -0.564. The Labute approximate surface area is 146 Å².